The maximum absolute atomic E-state index is 12.1. The molecule has 0 radical (unpaired) electrons. The number of aliphatic hydroxyl groups is 1. The second-order valence-corrected chi connectivity index (χ2v) is 6.24. The number of piperidine rings is 1. The first-order chi connectivity index (χ1) is 9.47. The number of nitrogens with zero attached hydrogens (tertiary/aromatic N) is 1. The number of aryl methyl sites for hydroxylation is 1. The van der Waals surface area contributed by atoms with Gasteiger partial charge in [-0.3, -0.25) is 4.79 Å². The molecule has 0 spiro atoms. The summed E-state index contributed by atoms with van der Waals surface area (Å²) in [4.78, 5) is 13.9. The van der Waals surface area contributed by atoms with E-state index in [-0.39, 0.29) is 11.8 Å². The SMILES string of the molecule is CC1CCN(C(=O)CCc2ccc(Cl)c(Cl)c2)CC1O. The first-order valence-electron chi connectivity index (χ1n) is 6.87. The predicted molar refractivity (Wildman–Crippen MR) is 81.2 cm³/mol. The summed E-state index contributed by atoms with van der Waals surface area (Å²) in [6, 6.07) is 5.43. The molecule has 0 bridgehead atoms. The summed E-state index contributed by atoms with van der Waals surface area (Å²) in [7, 11) is 0. The predicted octanol–water partition coefficient (Wildman–Crippen LogP) is 3.16. The fraction of sp³-hybridized carbons (Fsp3) is 0.533. The van der Waals surface area contributed by atoms with Crippen LogP contribution in [-0.4, -0.2) is 35.1 Å². The van der Waals surface area contributed by atoms with E-state index < -0.39 is 6.10 Å². The van der Waals surface area contributed by atoms with Crippen LogP contribution in [0.1, 0.15) is 25.3 Å². The third-order valence-electron chi connectivity index (χ3n) is 3.88. The van der Waals surface area contributed by atoms with Gasteiger partial charge in [0.15, 0.2) is 0 Å². The van der Waals surface area contributed by atoms with Gasteiger partial charge in [0.25, 0.3) is 0 Å². The molecule has 1 N–H and O–H groups in total. The highest BCUT2D eigenvalue weighted by atomic mass is 35.5. The molecule has 5 heteroatoms. The van der Waals surface area contributed by atoms with Crippen molar-refractivity contribution in [2.24, 2.45) is 5.92 Å². The molecule has 2 rings (SSSR count). The van der Waals surface area contributed by atoms with Gasteiger partial charge in [-0.15, -0.1) is 0 Å². The lowest BCUT2D eigenvalue weighted by Gasteiger charge is -2.34. The van der Waals surface area contributed by atoms with Crippen LogP contribution in [0.15, 0.2) is 18.2 Å². The highest BCUT2D eigenvalue weighted by Gasteiger charge is 2.26. The largest absolute Gasteiger partial charge is 0.391 e. The third-order valence-corrected chi connectivity index (χ3v) is 4.62. The van der Waals surface area contributed by atoms with Crippen LogP contribution in [0.25, 0.3) is 0 Å². The molecule has 1 aliphatic heterocycles. The maximum Gasteiger partial charge on any atom is 0.222 e. The second kappa shape index (κ2) is 6.79. The molecule has 1 heterocycles. The van der Waals surface area contributed by atoms with Gasteiger partial charge in [0.2, 0.25) is 5.91 Å². The Morgan fingerprint density at radius 3 is 2.80 bits per heavy atom. The lowest BCUT2D eigenvalue weighted by atomic mass is 9.95. The van der Waals surface area contributed by atoms with Crippen molar-refractivity contribution in [1.29, 1.82) is 0 Å². The number of carbonyl (C=O) groups is 1. The molecule has 1 amide bonds. The fourth-order valence-electron chi connectivity index (χ4n) is 2.38. The Labute approximate surface area is 129 Å². The first kappa shape index (κ1) is 15.6. The summed E-state index contributed by atoms with van der Waals surface area (Å²) in [5, 5.41) is 10.9. The zero-order chi connectivity index (χ0) is 14.7. The molecule has 0 aromatic heterocycles. The molecule has 1 fully saturated rings. The zero-order valence-electron chi connectivity index (χ0n) is 11.5. The molecule has 1 saturated heterocycles. The molecule has 2 atom stereocenters. The number of aliphatic hydroxyl groups excluding tert-OH is 1. The number of benzene rings is 1. The van der Waals surface area contributed by atoms with E-state index in [0.717, 1.165) is 18.5 Å². The first-order valence-corrected chi connectivity index (χ1v) is 7.62. The van der Waals surface area contributed by atoms with Crippen LogP contribution in [0, 0.1) is 5.92 Å². The van der Waals surface area contributed by atoms with Crippen LogP contribution in [0.4, 0.5) is 0 Å². The van der Waals surface area contributed by atoms with Gasteiger partial charge >= 0.3 is 0 Å². The van der Waals surface area contributed by atoms with Gasteiger partial charge < -0.3 is 10.0 Å². The van der Waals surface area contributed by atoms with Crippen molar-refractivity contribution >= 4 is 29.1 Å². The van der Waals surface area contributed by atoms with Gasteiger partial charge in [-0.25, -0.2) is 0 Å². The van der Waals surface area contributed by atoms with Crippen molar-refractivity contribution in [3.8, 4) is 0 Å². The van der Waals surface area contributed by atoms with Crippen molar-refractivity contribution in [3.63, 3.8) is 0 Å². The number of carbonyl (C=O) groups excluding carboxylic acids is 1. The Morgan fingerprint density at radius 1 is 1.40 bits per heavy atom. The van der Waals surface area contributed by atoms with Gasteiger partial charge in [0, 0.05) is 19.5 Å². The van der Waals surface area contributed by atoms with E-state index in [1.165, 1.54) is 0 Å². The van der Waals surface area contributed by atoms with Gasteiger partial charge in [-0.05, 0) is 36.5 Å². The molecule has 2 unspecified atom stereocenters. The van der Waals surface area contributed by atoms with Crippen molar-refractivity contribution in [2.45, 2.75) is 32.3 Å². The van der Waals surface area contributed by atoms with Gasteiger partial charge in [-0.1, -0.05) is 36.2 Å². The number of β-amino-alcohol motifs (C(OH)–C–C–N with tert-alkyl or cyclic N) is 1. The average molecular weight is 316 g/mol. The lowest BCUT2D eigenvalue weighted by molar-refractivity contribution is -0.135. The highest BCUT2D eigenvalue weighted by molar-refractivity contribution is 6.42. The topological polar surface area (TPSA) is 40.5 Å². The number of halogens is 2. The van der Waals surface area contributed by atoms with Crippen molar-refractivity contribution in [1.82, 2.24) is 4.90 Å². The van der Waals surface area contributed by atoms with E-state index in [1.54, 1.807) is 17.0 Å². The normalized spacial score (nSPS) is 22.9. The molecule has 0 saturated carbocycles. The smallest absolute Gasteiger partial charge is 0.222 e. The lowest BCUT2D eigenvalue weighted by Crippen LogP contribution is -2.45. The molecule has 1 aromatic carbocycles. The van der Waals surface area contributed by atoms with E-state index in [0.29, 0.717) is 29.4 Å². The third kappa shape index (κ3) is 3.87. The van der Waals surface area contributed by atoms with Crippen LogP contribution < -0.4 is 0 Å². The number of hydrogen-bond acceptors (Lipinski definition) is 2. The Morgan fingerprint density at radius 2 is 2.15 bits per heavy atom. The Bertz CT molecular complexity index is 493. The van der Waals surface area contributed by atoms with Crippen LogP contribution >= 0.6 is 23.2 Å². The minimum Gasteiger partial charge on any atom is -0.391 e. The fourth-order valence-corrected chi connectivity index (χ4v) is 2.70. The number of rotatable bonds is 3. The molecular formula is C15H19Cl2NO2. The molecule has 0 aliphatic carbocycles. The summed E-state index contributed by atoms with van der Waals surface area (Å²) < 4.78 is 0. The number of amides is 1. The van der Waals surface area contributed by atoms with Crippen LogP contribution in [0.3, 0.4) is 0 Å². The standard InChI is InChI=1S/C15H19Cl2NO2/c1-10-6-7-18(9-14(10)19)15(20)5-3-11-2-4-12(16)13(17)8-11/h2,4,8,10,14,19H,3,5-7,9H2,1H3. The summed E-state index contributed by atoms with van der Waals surface area (Å²) in [5.74, 6) is 0.358. The molecule has 1 aliphatic rings. The van der Waals surface area contributed by atoms with E-state index in [1.807, 2.05) is 13.0 Å². The summed E-state index contributed by atoms with van der Waals surface area (Å²) in [5.41, 5.74) is 0.999. The zero-order valence-corrected chi connectivity index (χ0v) is 13.0. The minimum atomic E-state index is -0.405. The minimum absolute atomic E-state index is 0.0852. The van der Waals surface area contributed by atoms with Gasteiger partial charge in [0.1, 0.15) is 0 Å². The summed E-state index contributed by atoms with van der Waals surface area (Å²) in [6.45, 7) is 3.20. The second-order valence-electron chi connectivity index (χ2n) is 5.42. The average Bonchev–Trinajstić information content (AvgIpc) is 2.43. The molecule has 110 valence electrons. The van der Waals surface area contributed by atoms with E-state index in [9.17, 15) is 9.90 Å². The molecule has 3 nitrogen and oxygen atoms in total. The van der Waals surface area contributed by atoms with Crippen LogP contribution in [0.2, 0.25) is 10.0 Å². The summed E-state index contributed by atoms with van der Waals surface area (Å²) >= 11 is 11.8. The van der Waals surface area contributed by atoms with Crippen LogP contribution in [0.5, 0.6) is 0 Å². The van der Waals surface area contributed by atoms with Gasteiger partial charge in [-0.2, -0.15) is 0 Å². The molecule has 20 heavy (non-hydrogen) atoms. The van der Waals surface area contributed by atoms with Crippen molar-refractivity contribution < 1.29 is 9.90 Å². The van der Waals surface area contributed by atoms with Crippen molar-refractivity contribution in [3.05, 3.63) is 33.8 Å². The van der Waals surface area contributed by atoms with E-state index >= 15 is 0 Å². The van der Waals surface area contributed by atoms with Crippen molar-refractivity contribution in [2.75, 3.05) is 13.1 Å². The Hall–Kier alpha value is -0.770. The van der Waals surface area contributed by atoms with Crippen LogP contribution in [-0.2, 0) is 11.2 Å². The van der Waals surface area contributed by atoms with Gasteiger partial charge in [0.05, 0.1) is 16.1 Å². The number of likely N-dealkylation sites (tertiary alicyclic amines) is 1. The maximum atomic E-state index is 12.1. The highest BCUT2D eigenvalue weighted by Crippen LogP contribution is 2.23. The Kier molecular flexibility index (Phi) is 5.30. The monoisotopic (exact) mass is 315 g/mol. The number of hydrogen-bond donors (Lipinski definition) is 1. The molecular weight excluding hydrogens is 297 g/mol. The van der Waals surface area contributed by atoms with E-state index in [2.05, 4.69) is 0 Å². The van der Waals surface area contributed by atoms with E-state index in [4.69, 9.17) is 23.2 Å². The summed E-state index contributed by atoms with van der Waals surface area (Å²) in [6.07, 6.45) is 1.52. The Balaban J connectivity index is 1.87. The quantitative estimate of drug-likeness (QED) is 0.930. The molecule has 1 aromatic rings.